The maximum Gasteiger partial charge on any atom is 0.243 e. The Bertz CT molecular complexity index is 573. The SMILES string of the molecule is CC.CC(=O)C(NC(=O)C(CC(N)=O)NC(=O)C(C)NC=O)C(C)C.CC(C)NC(C)C. The topological polar surface area (TPSA) is 159 Å². The number of ketones is 1. The Hall–Kier alpha value is -2.49. The van der Waals surface area contributed by atoms with Gasteiger partial charge in [-0.1, -0.05) is 55.4 Å². The zero-order valence-electron chi connectivity index (χ0n) is 21.4. The van der Waals surface area contributed by atoms with Crippen molar-refractivity contribution in [1.82, 2.24) is 21.3 Å². The van der Waals surface area contributed by atoms with Crippen LogP contribution >= 0.6 is 0 Å². The van der Waals surface area contributed by atoms with Crippen LogP contribution in [0, 0.1) is 5.92 Å². The van der Waals surface area contributed by atoms with Crippen molar-refractivity contribution in [3.05, 3.63) is 0 Å². The molecule has 0 aliphatic carbocycles. The van der Waals surface area contributed by atoms with Gasteiger partial charge < -0.3 is 27.0 Å². The van der Waals surface area contributed by atoms with Crippen LogP contribution in [0.2, 0.25) is 0 Å². The lowest BCUT2D eigenvalue weighted by atomic mass is 10.00. The molecule has 6 N–H and O–H groups in total. The van der Waals surface area contributed by atoms with Gasteiger partial charge in [0.1, 0.15) is 12.1 Å². The molecule has 0 aromatic rings. The van der Waals surface area contributed by atoms with Gasteiger partial charge in [0.05, 0.1) is 12.5 Å². The van der Waals surface area contributed by atoms with Crippen molar-refractivity contribution in [2.24, 2.45) is 11.7 Å². The van der Waals surface area contributed by atoms with Gasteiger partial charge >= 0.3 is 0 Å². The molecule has 188 valence electrons. The molecule has 0 aromatic heterocycles. The molecule has 0 radical (unpaired) electrons. The van der Waals surface area contributed by atoms with E-state index in [2.05, 4.69) is 49.0 Å². The molecule has 0 aliphatic rings. The Labute approximate surface area is 193 Å². The molecule has 32 heavy (non-hydrogen) atoms. The van der Waals surface area contributed by atoms with Crippen molar-refractivity contribution in [2.45, 2.75) is 106 Å². The van der Waals surface area contributed by atoms with Crippen molar-refractivity contribution in [1.29, 1.82) is 0 Å². The van der Waals surface area contributed by atoms with Gasteiger partial charge in [-0.05, 0) is 19.8 Å². The van der Waals surface area contributed by atoms with Gasteiger partial charge in [-0.3, -0.25) is 24.0 Å². The van der Waals surface area contributed by atoms with Gasteiger partial charge in [0.2, 0.25) is 24.1 Å². The molecule has 0 rings (SSSR count). The van der Waals surface area contributed by atoms with Crippen LogP contribution in [-0.4, -0.2) is 60.1 Å². The first-order valence-electron chi connectivity index (χ1n) is 11.1. The number of rotatable bonds is 12. The van der Waals surface area contributed by atoms with Crippen LogP contribution in [0.25, 0.3) is 0 Å². The second-order valence-corrected chi connectivity index (χ2v) is 8.05. The van der Waals surface area contributed by atoms with Crippen molar-refractivity contribution in [2.75, 3.05) is 0 Å². The Morgan fingerprint density at radius 1 is 0.844 bits per heavy atom. The van der Waals surface area contributed by atoms with Crippen LogP contribution in [0.15, 0.2) is 0 Å². The normalized spacial score (nSPS) is 12.9. The Kier molecular flexibility index (Phi) is 20.5. The third-order valence-electron chi connectivity index (χ3n) is 3.82. The van der Waals surface area contributed by atoms with Crippen molar-refractivity contribution in [3.63, 3.8) is 0 Å². The molecule has 10 nitrogen and oxygen atoms in total. The third kappa shape index (κ3) is 18.3. The maximum atomic E-state index is 12.2. The average molecular weight is 460 g/mol. The number of primary amides is 1. The average Bonchev–Trinajstić information content (AvgIpc) is 2.65. The number of nitrogens with one attached hydrogen (secondary N) is 4. The van der Waals surface area contributed by atoms with Gasteiger partial charge in [0, 0.05) is 12.1 Å². The van der Waals surface area contributed by atoms with E-state index in [1.807, 2.05) is 13.8 Å². The first kappa shape index (κ1) is 34.1. The highest BCUT2D eigenvalue weighted by molar-refractivity contribution is 5.95. The highest BCUT2D eigenvalue weighted by atomic mass is 16.2. The number of carbonyl (C=O) groups is 5. The number of hydrogen-bond acceptors (Lipinski definition) is 6. The minimum absolute atomic E-state index is 0.156. The predicted molar refractivity (Wildman–Crippen MR) is 127 cm³/mol. The molecular formula is C22H45N5O5. The fourth-order valence-electron chi connectivity index (χ4n) is 2.54. The smallest absolute Gasteiger partial charge is 0.243 e. The van der Waals surface area contributed by atoms with E-state index in [1.54, 1.807) is 13.8 Å². The van der Waals surface area contributed by atoms with Crippen molar-refractivity contribution in [3.8, 4) is 0 Å². The summed E-state index contributed by atoms with van der Waals surface area (Å²) in [6, 6.07) is -1.60. The first-order chi connectivity index (χ1) is 14.7. The number of carbonyl (C=O) groups excluding carboxylic acids is 5. The summed E-state index contributed by atoms with van der Waals surface area (Å²) in [5.74, 6) is -2.53. The summed E-state index contributed by atoms with van der Waals surface area (Å²) in [7, 11) is 0. The maximum absolute atomic E-state index is 12.2. The second-order valence-electron chi connectivity index (χ2n) is 8.05. The number of hydrogen-bond donors (Lipinski definition) is 5. The molecule has 10 heteroatoms. The summed E-state index contributed by atoms with van der Waals surface area (Å²) < 4.78 is 0. The lowest BCUT2D eigenvalue weighted by Crippen LogP contribution is -2.56. The predicted octanol–water partition coefficient (Wildman–Crippen LogP) is 0.630. The quantitative estimate of drug-likeness (QED) is 0.269. The Morgan fingerprint density at radius 3 is 1.59 bits per heavy atom. The Morgan fingerprint density at radius 2 is 1.31 bits per heavy atom. The summed E-state index contributed by atoms with van der Waals surface area (Å²) in [4.78, 5) is 57.1. The standard InChI is InChI=1S/C14H24N4O5.C6H15N.C2H6/c1-7(2)12(9(4)20)18-14(23)10(5-11(15)21)17-13(22)8(3)16-6-19;1-5(2)7-6(3)4;1-2/h6-8,10,12H,5H2,1-4H3,(H2,15,21)(H,16,19)(H,17,22)(H,18,23);5-7H,1-4H3;1-2H3. The van der Waals surface area contributed by atoms with Crippen molar-refractivity contribution >= 4 is 29.9 Å². The molecule has 0 fully saturated rings. The van der Waals surface area contributed by atoms with E-state index in [9.17, 15) is 24.0 Å². The van der Waals surface area contributed by atoms with Crippen LogP contribution in [0.3, 0.4) is 0 Å². The van der Waals surface area contributed by atoms with E-state index in [-0.39, 0.29) is 11.7 Å². The molecule has 0 saturated heterocycles. The van der Waals surface area contributed by atoms with Crippen molar-refractivity contribution < 1.29 is 24.0 Å². The van der Waals surface area contributed by atoms with E-state index in [0.29, 0.717) is 18.5 Å². The Balaban J connectivity index is -0.000000788. The largest absolute Gasteiger partial charge is 0.370 e. The lowest BCUT2D eigenvalue weighted by molar-refractivity contribution is -0.134. The molecule has 3 atom stereocenters. The van der Waals surface area contributed by atoms with Gasteiger partial charge in [0.15, 0.2) is 5.78 Å². The molecule has 0 saturated carbocycles. The summed E-state index contributed by atoms with van der Waals surface area (Å²) in [5.41, 5.74) is 5.08. The van der Waals surface area contributed by atoms with Crippen LogP contribution in [0.5, 0.6) is 0 Å². The summed E-state index contributed by atoms with van der Waals surface area (Å²) >= 11 is 0. The lowest BCUT2D eigenvalue weighted by Gasteiger charge is -2.24. The highest BCUT2D eigenvalue weighted by Crippen LogP contribution is 2.04. The van der Waals surface area contributed by atoms with E-state index >= 15 is 0 Å². The second kappa shape index (κ2) is 19.2. The van der Waals surface area contributed by atoms with E-state index in [4.69, 9.17) is 5.73 Å². The molecule has 0 aliphatic heterocycles. The van der Waals surface area contributed by atoms with Crippen LogP contribution < -0.4 is 27.0 Å². The fraction of sp³-hybridized carbons (Fsp3) is 0.773. The monoisotopic (exact) mass is 459 g/mol. The van der Waals surface area contributed by atoms with Crippen LogP contribution in [0.4, 0.5) is 0 Å². The minimum Gasteiger partial charge on any atom is -0.370 e. The van der Waals surface area contributed by atoms with E-state index < -0.39 is 42.3 Å². The number of nitrogens with two attached hydrogens (primary N) is 1. The van der Waals surface area contributed by atoms with Gasteiger partial charge in [0.25, 0.3) is 0 Å². The molecule has 0 heterocycles. The van der Waals surface area contributed by atoms with E-state index in [1.165, 1.54) is 13.8 Å². The molecule has 0 spiro atoms. The molecule has 0 bridgehead atoms. The number of Topliss-reactive ketones (excluding diaryl/α,β-unsaturated/α-hetero) is 1. The zero-order chi connectivity index (χ0) is 26.0. The molecule has 0 aromatic carbocycles. The summed E-state index contributed by atoms with van der Waals surface area (Å²) in [6.07, 6.45) is -0.0773. The van der Waals surface area contributed by atoms with Crippen LogP contribution in [0.1, 0.15) is 75.7 Å². The number of amides is 4. The summed E-state index contributed by atoms with van der Waals surface area (Å²) in [5, 5.41) is 10.4. The molecule has 3 unspecified atom stereocenters. The molecular weight excluding hydrogens is 414 g/mol. The zero-order valence-corrected chi connectivity index (χ0v) is 21.4. The molecule has 4 amide bonds. The summed E-state index contributed by atoms with van der Waals surface area (Å²) in [6.45, 7) is 18.9. The fourth-order valence-corrected chi connectivity index (χ4v) is 2.54. The minimum atomic E-state index is -1.23. The van der Waals surface area contributed by atoms with Gasteiger partial charge in [-0.15, -0.1) is 0 Å². The van der Waals surface area contributed by atoms with Crippen LogP contribution in [-0.2, 0) is 24.0 Å². The third-order valence-corrected chi connectivity index (χ3v) is 3.82. The van der Waals surface area contributed by atoms with E-state index in [0.717, 1.165) is 0 Å². The first-order valence-corrected chi connectivity index (χ1v) is 11.1. The van der Waals surface area contributed by atoms with Gasteiger partial charge in [-0.2, -0.15) is 0 Å². The highest BCUT2D eigenvalue weighted by Gasteiger charge is 2.29. The van der Waals surface area contributed by atoms with Gasteiger partial charge in [-0.25, -0.2) is 0 Å².